The SMILES string of the molecule is C#C[C@@]1(O)CC[C@H]2[C@H]3CCc4cc(OCC=C)ccc4[C@H]3CC[C@]21C. The highest BCUT2D eigenvalue weighted by molar-refractivity contribution is 5.41. The van der Waals surface area contributed by atoms with Gasteiger partial charge in [-0.2, -0.15) is 0 Å². The summed E-state index contributed by atoms with van der Waals surface area (Å²) in [4.78, 5) is 0. The zero-order chi connectivity index (χ0) is 17.7. The van der Waals surface area contributed by atoms with Gasteiger partial charge in [0.1, 0.15) is 18.0 Å². The minimum absolute atomic E-state index is 0.118. The fourth-order valence-corrected chi connectivity index (χ4v) is 6.06. The van der Waals surface area contributed by atoms with Crippen molar-refractivity contribution >= 4 is 0 Å². The van der Waals surface area contributed by atoms with Gasteiger partial charge in [0.25, 0.3) is 0 Å². The van der Waals surface area contributed by atoms with Gasteiger partial charge in [-0.1, -0.05) is 31.6 Å². The molecule has 2 heteroatoms. The van der Waals surface area contributed by atoms with E-state index in [2.05, 4.69) is 37.6 Å². The lowest BCUT2D eigenvalue weighted by Gasteiger charge is -2.52. The van der Waals surface area contributed by atoms with E-state index in [4.69, 9.17) is 11.2 Å². The van der Waals surface area contributed by atoms with E-state index < -0.39 is 5.60 Å². The third-order valence-electron chi connectivity index (χ3n) is 7.46. The molecule has 1 N–H and O–H groups in total. The Bertz CT molecular complexity index is 730. The lowest BCUT2D eigenvalue weighted by Crippen LogP contribution is -2.50. The van der Waals surface area contributed by atoms with Gasteiger partial charge in [0.05, 0.1) is 0 Å². The Labute approximate surface area is 151 Å². The monoisotopic (exact) mass is 336 g/mol. The van der Waals surface area contributed by atoms with Crippen LogP contribution in [0.5, 0.6) is 5.75 Å². The van der Waals surface area contributed by atoms with Crippen molar-refractivity contribution in [3.63, 3.8) is 0 Å². The van der Waals surface area contributed by atoms with E-state index in [1.807, 2.05) is 0 Å². The quantitative estimate of drug-likeness (QED) is 0.652. The van der Waals surface area contributed by atoms with E-state index in [9.17, 15) is 5.11 Å². The molecule has 2 nitrogen and oxygen atoms in total. The minimum Gasteiger partial charge on any atom is -0.490 e. The summed E-state index contributed by atoms with van der Waals surface area (Å²) in [6, 6.07) is 6.59. The van der Waals surface area contributed by atoms with Gasteiger partial charge >= 0.3 is 0 Å². The van der Waals surface area contributed by atoms with E-state index in [-0.39, 0.29) is 5.41 Å². The van der Waals surface area contributed by atoms with E-state index in [0.29, 0.717) is 24.4 Å². The normalized spacial score (nSPS) is 38.8. The Morgan fingerprint density at radius 2 is 2.20 bits per heavy atom. The lowest BCUT2D eigenvalue weighted by atomic mass is 9.53. The van der Waals surface area contributed by atoms with E-state index >= 15 is 0 Å². The summed E-state index contributed by atoms with van der Waals surface area (Å²) in [6.07, 6.45) is 13.8. The van der Waals surface area contributed by atoms with Gasteiger partial charge in [-0.3, -0.25) is 0 Å². The third kappa shape index (κ3) is 2.36. The van der Waals surface area contributed by atoms with Crippen molar-refractivity contribution in [1.82, 2.24) is 0 Å². The van der Waals surface area contributed by atoms with Crippen LogP contribution in [0, 0.1) is 29.6 Å². The molecule has 25 heavy (non-hydrogen) atoms. The second-order valence-corrected chi connectivity index (χ2v) is 8.38. The number of aliphatic hydroxyl groups is 1. The zero-order valence-electron chi connectivity index (χ0n) is 15.1. The van der Waals surface area contributed by atoms with Crippen LogP contribution in [-0.2, 0) is 6.42 Å². The molecule has 4 rings (SSSR count). The second-order valence-electron chi connectivity index (χ2n) is 8.38. The van der Waals surface area contributed by atoms with Crippen molar-refractivity contribution in [2.45, 2.75) is 57.0 Å². The smallest absolute Gasteiger partial charge is 0.130 e. The van der Waals surface area contributed by atoms with Crippen molar-refractivity contribution in [3.8, 4) is 18.1 Å². The van der Waals surface area contributed by atoms with Crippen LogP contribution in [0.15, 0.2) is 30.9 Å². The maximum absolute atomic E-state index is 11.0. The zero-order valence-corrected chi connectivity index (χ0v) is 15.1. The number of hydrogen-bond donors (Lipinski definition) is 1. The number of rotatable bonds is 3. The summed E-state index contributed by atoms with van der Waals surface area (Å²) >= 11 is 0. The van der Waals surface area contributed by atoms with Crippen LogP contribution in [0.4, 0.5) is 0 Å². The molecule has 0 radical (unpaired) electrons. The standard InChI is InChI=1S/C23H28O2/c1-4-14-25-17-7-9-18-16(15-17)6-8-20-19(18)10-12-22(3)21(20)11-13-23(22,24)5-2/h2,4,7,9,15,19-21,24H,1,6,8,10-14H2,3H3/t19-,20+,21+,22-,23-/m1/s1. The van der Waals surface area contributed by atoms with E-state index in [0.717, 1.165) is 37.9 Å². The summed E-state index contributed by atoms with van der Waals surface area (Å²) in [5.41, 5.74) is 1.91. The molecule has 1 aromatic carbocycles. The molecule has 0 heterocycles. The van der Waals surface area contributed by atoms with Crippen LogP contribution in [0.25, 0.3) is 0 Å². The maximum atomic E-state index is 11.0. The van der Waals surface area contributed by atoms with Crippen LogP contribution >= 0.6 is 0 Å². The van der Waals surface area contributed by atoms with Crippen molar-refractivity contribution in [2.75, 3.05) is 6.61 Å². The number of fused-ring (bicyclic) bond motifs is 5. The first-order valence-electron chi connectivity index (χ1n) is 9.59. The minimum atomic E-state index is -0.911. The summed E-state index contributed by atoms with van der Waals surface area (Å²) in [5.74, 6) is 5.49. The van der Waals surface area contributed by atoms with Crippen LogP contribution < -0.4 is 4.74 Å². The molecule has 0 aromatic heterocycles. The molecule has 1 aromatic rings. The van der Waals surface area contributed by atoms with Gasteiger partial charge in [-0.25, -0.2) is 0 Å². The van der Waals surface area contributed by atoms with Crippen molar-refractivity contribution in [2.24, 2.45) is 17.3 Å². The van der Waals surface area contributed by atoms with E-state index in [1.54, 1.807) is 6.08 Å². The lowest BCUT2D eigenvalue weighted by molar-refractivity contribution is -0.0646. The van der Waals surface area contributed by atoms with Crippen LogP contribution in [0.3, 0.4) is 0 Å². The van der Waals surface area contributed by atoms with Gasteiger partial charge < -0.3 is 9.84 Å². The Kier molecular flexibility index (Phi) is 3.96. The molecule has 0 bridgehead atoms. The van der Waals surface area contributed by atoms with Gasteiger partial charge in [0, 0.05) is 5.41 Å². The Morgan fingerprint density at radius 1 is 1.36 bits per heavy atom. The molecule has 0 amide bonds. The van der Waals surface area contributed by atoms with Gasteiger partial charge in [-0.05, 0) is 79.5 Å². The van der Waals surface area contributed by atoms with Crippen molar-refractivity contribution in [3.05, 3.63) is 42.0 Å². The summed E-state index contributed by atoms with van der Waals surface area (Å²) < 4.78 is 5.71. The van der Waals surface area contributed by atoms with Gasteiger partial charge in [0.15, 0.2) is 0 Å². The Balaban J connectivity index is 1.63. The molecule has 3 aliphatic rings. The molecule has 2 fully saturated rings. The molecule has 5 atom stereocenters. The maximum Gasteiger partial charge on any atom is 0.130 e. The average Bonchev–Trinajstić information content (AvgIpc) is 2.91. The summed E-state index contributed by atoms with van der Waals surface area (Å²) in [5, 5.41) is 11.0. The highest BCUT2D eigenvalue weighted by Gasteiger charge is 2.61. The number of aryl methyl sites for hydroxylation is 1. The molecule has 3 aliphatic carbocycles. The number of hydrogen-bond acceptors (Lipinski definition) is 2. The number of ether oxygens (including phenoxy) is 1. The topological polar surface area (TPSA) is 29.5 Å². The molecular weight excluding hydrogens is 308 g/mol. The average molecular weight is 336 g/mol. The predicted octanol–water partition coefficient (Wildman–Crippen LogP) is 4.47. The highest BCUT2D eigenvalue weighted by Crippen LogP contribution is 2.64. The molecular formula is C23H28O2. The van der Waals surface area contributed by atoms with Gasteiger partial charge in [0.2, 0.25) is 0 Å². The van der Waals surface area contributed by atoms with Crippen LogP contribution in [0.2, 0.25) is 0 Å². The summed E-state index contributed by atoms with van der Waals surface area (Å²) in [6.45, 7) is 6.50. The third-order valence-corrected chi connectivity index (χ3v) is 7.46. The van der Waals surface area contributed by atoms with Crippen molar-refractivity contribution in [1.29, 1.82) is 0 Å². The van der Waals surface area contributed by atoms with Crippen molar-refractivity contribution < 1.29 is 9.84 Å². The molecule has 0 saturated heterocycles. The predicted molar refractivity (Wildman–Crippen MR) is 101 cm³/mol. The first-order chi connectivity index (χ1) is 12.0. The summed E-state index contributed by atoms with van der Waals surface area (Å²) in [7, 11) is 0. The van der Waals surface area contributed by atoms with E-state index in [1.165, 1.54) is 17.5 Å². The molecule has 0 aliphatic heterocycles. The molecule has 0 unspecified atom stereocenters. The second kappa shape index (κ2) is 5.92. The van der Waals surface area contributed by atoms with Crippen LogP contribution in [0.1, 0.15) is 56.1 Å². The Morgan fingerprint density at radius 3 is 2.96 bits per heavy atom. The van der Waals surface area contributed by atoms with Gasteiger partial charge in [-0.15, -0.1) is 6.42 Å². The first kappa shape index (κ1) is 16.7. The molecule has 132 valence electrons. The molecule has 2 saturated carbocycles. The number of benzene rings is 1. The first-order valence-corrected chi connectivity index (χ1v) is 9.59. The largest absolute Gasteiger partial charge is 0.490 e. The Hall–Kier alpha value is -1.72. The highest BCUT2D eigenvalue weighted by atomic mass is 16.5. The fourth-order valence-electron chi connectivity index (χ4n) is 6.06. The van der Waals surface area contributed by atoms with Crippen LogP contribution in [-0.4, -0.2) is 17.3 Å². The number of terminal acetylenes is 1. The molecule has 0 spiro atoms. The fraction of sp³-hybridized carbons (Fsp3) is 0.565.